The third kappa shape index (κ3) is 4.26. The summed E-state index contributed by atoms with van der Waals surface area (Å²) in [4.78, 5) is 5.15. The van der Waals surface area contributed by atoms with Crippen molar-refractivity contribution < 1.29 is 4.74 Å². The van der Waals surface area contributed by atoms with Gasteiger partial charge >= 0.3 is 0 Å². The normalized spacial score (nSPS) is 15.8. The van der Waals surface area contributed by atoms with Crippen LogP contribution in [0.1, 0.15) is 50.6 Å². The molecule has 0 amide bonds. The number of hydrogen-bond acceptors (Lipinski definition) is 5. The molecular formula is C23H34N6O. The topological polar surface area (TPSA) is 67.0 Å². The van der Waals surface area contributed by atoms with E-state index in [0.29, 0.717) is 19.1 Å². The van der Waals surface area contributed by atoms with Crippen molar-refractivity contribution in [2.24, 2.45) is 16.3 Å². The lowest BCUT2D eigenvalue weighted by molar-refractivity contribution is 0.164. The van der Waals surface area contributed by atoms with Gasteiger partial charge in [-0.2, -0.15) is 10.6 Å². The van der Waals surface area contributed by atoms with Crippen LogP contribution in [0.15, 0.2) is 40.4 Å². The first-order valence-corrected chi connectivity index (χ1v) is 10.6. The maximum absolute atomic E-state index is 5.38. The minimum Gasteiger partial charge on any atom is -0.383 e. The average Bonchev–Trinajstić information content (AvgIpc) is 3.06. The van der Waals surface area contributed by atoms with Crippen LogP contribution in [-0.4, -0.2) is 41.9 Å². The van der Waals surface area contributed by atoms with E-state index in [1.165, 1.54) is 27.9 Å². The average molecular weight is 411 g/mol. The number of rotatable bonds is 8. The molecule has 0 bridgehead atoms. The molecule has 162 valence electrons. The van der Waals surface area contributed by atoms with Gasteiger partial charge in [-0.15, -0.1) is 0 Å². The molecule has 3 rings (SSSR count). The number of fused-ring (bicyclic) bond motifs is 1. The molecule has 0 aromatic carbocycles. The van der Waals surface area contributed by atoms with Gasteiger partial charge in [0, 0.05) is 19.0 Å². The van der Waals surface area contributed by atoms with Crippen LogP contribution in [0, 0.1) is 12.8 Å². The van der Waals surface area contributed by atoms with Gasteiger partial charge in [0.25, 0.3) is 0 Å². The van der Waals surface area contributed by atoms with Crippen LogP contribution in [0.3, 0.4) is 0 Å². The summed E-state index contributed by atoms with van der Waals surface area (Å²) in [5.41, 5.74) is 11.1. The van der Waals surface area contributed by atoms with E-state index in [0.717, 1.165) is 17.6 Å². The number of aromatic nitrogens is 2. The van der Waals surface area contributed by atoms with Crippen molar-refractivity contribution in [1.29, 1.82) is 0 Å². The van der Waals surface area contributed by atoms with E-state index in [9.17, 15) is 0 Å². The van der Waals surface area contributed by atoms with E-state index in [2.05, 4.69) is 84.5 Å². The largest absolute Gasteiger partial charge is 0.383 e. The highest BCUT2D eigenvalue weighted by Crippen LogP contribution is 2.31. The van der Waals surface area contributed by atoms with Gasteiger partial charge in [0.05, 0.1) is 43.0 Å². The van der Waals surface area contributed by atoms with Crippen molar-refractivity contribution in [1.82, 2.24) is 20.1 Å². The molecule has 0 fully saturated rings. The first-order chi connectivity index (χ1) is 14.4. The molecule has 1 atom stereocenters. The quantitative estimate of drug-likeness (QED) is 0.499. The minimum atomic E-state index is 0.257. The summed E-state index contributed by atoms with van der Waals surface area (Å²) in [7, 11) is 3.41. The maximum atomic E-state index is 5.38. The Bertz CT molecular complexity index is 985. The monoisotopic (exact) mass is 410 g/mol. The van der Waals surface area contributed by atoms with Gasteiger partial charge in [0.1, 0.15) is 0 Å². The Morgan fingerprint density at radius 3 is 2.67 bits per heavy atom. The zero-order valence-corrected chi connectivity index (χ0v) is 19.2. The summed E-state index contributed by atoms with van der Waals surface area (Å²) in [6, 6.07) is 2.55. The molecule has 0 unspecified atom stereocenters. The van der Waals surface area contributed by atoms with Crippen molar-refractivity contribution >= 4 is 16.6 Å². The summed E-state index contributed by atoms with van der Waals surface area (Å²) in [6.45, 7) is 12.2. The lowest BCUT2D eigenvalue weighted by atomic mass is 9.98. The number of pyridine rings is 1. The molecule has 30 heavy (non-hydrogen) atoms. The van der Waals surface area contributed by atoms with E-state index in [1.807, 2.05) is 0 Å². The smallest absolute Gasteiger partial charge is 0.0917 e. The van der Waals surface area contributed by atoms with Gasteiger partial charge in [-0.05, 0) is 55.0 Å². The second kappa shape index (κ2) is 9.43. The highest BCUT2D eigenvalue weighted by atomic mass is 16.5. The lowest BCUT2D eigenvalue weighted by Crippen LogP contribution is -2.38. The molecule has 1 N–H and O–H groups in total. The Kier molecular flexibility index (Phi) is 6.92. The lowest BCUT2D eigenvalue weighted by Gasteiger charge is -2.31. The van der Waals surface area contributed by atoms with Crippen LogP contribution in [-0.2, 0) is 11.2 Å². The van der Waals surface area contributed by atoms with Crippen LogP contribution < -0.4 is 5.53 Å². The number of hydrazine groups is 1. The first kappa shape index (κ1) is 22.0. The summed E-state index contributed by atoms with van der Waals surface area (Å²) in [5, 5.41) is 9.89. The molecule has 1 aliphatic rings. The number of hydrogen-bond donors (Lipinski definition) is 1. The van der Waals surface area contributed by atoms with E-state index in [1.54, 1.807) is 14.2 Å². The van der Waals surface area contributed by atoms with Crippen LogP contribution in [0.4, 0.5) is 0 Å². The van der Waals surface area contributed by atoms with Crippen molar-refractivity contribution in [2.75, 3.05) is 27.3 Å². The first-order valence-electron chi connectivity index (χ1n) is 10.6. The van der Waals surface area contributed by atoms with Gasteiger partial charge in [-0.3, -0.25) is 5.01 Å². The van der Waals surface area contributed by atoms with Crippen molar-refractivity contribution in [3.05, 3.63) is 46.9 Å². The summed E-state index contributed by atoms with van der Waals surface area (Å²) >= 11 is 0. The Morgan fingerprint density at radius 1 is 1.27 bits per heavy atom. The predicted molar refractivity (Wildman–Crippen MR) is 122 cm³/mol. The molecule has 3 heterocycles. The fraction of sp³-hybridized carbons (Fsp3) is 0.522. The molecule has 0 aliphatic carbocycles. The summed E-state index contributed by atoms with van der Waals surface area (Å²) < 4.78 is 7.66. The predicted octanol–water partition coefficient (Wildman–Crippen LogP) is 4.86. The number of ether oxygens (including phenoxy) is 1. The minimum absolute atomic E-state index is 0.257. The van der Waals surface area contributed by atoms with E-state index in [-0.39, 0.29) is 6.04 Å². The molecule has 2 aromatic rings. The number of allylic oxidation sites excluding steroid dienone is 3. The zero-order valence-electron chi connectivity index (χ0n) is 19.2. The molecule has 0 saturated heterocycles. The van der Waals surface area contributed by atoms with E-state index in [4.69, 9.17) is 9.72 Å². The SMILES string of the molecule is CCc1cc2c(nc1C1=CC=C(C(C)C)N(NN=NC)C1)c(C)cn2[C@@H](C)COC. The van der Waals surface area contributed by atoms with Crippen LogP contribution in [0.5, 0.6) is 0 Å². The molecule has 7 heteroatoms. The fourth-order valence-electron chi connectivity index (χ4n) is 4.04. The van der Waals surface area contributed by atoms with Gasteiger partial charge in [-0.25, -0.2) is 4.98 Å². The Balaban J connectivity index is 2.08. The molecule has 0 saturated carbocycles. The number of methoxy groups -OCH3 is 1. The van der Waals surface area contributed by atoms with Crippen molar-refractivity contribution in [2.45, 2.75) is 47.1 Å². The van der Waals surface area contributed by atoms with Crippen LogP contribution in [0.25, 0.3) is 16.6 Å². The molecule has 1 aliphatic heterocycles. The molecule has 0 radical (unpaired) electrons. The molecule has 0 spiro atoms. The highest BCUT2D eigenvalue weighted by molar-refractivity contribution is 5.84. The number of nitrogens with one attached hydrogen (secondary N) is 1. The molecule has 2 aromatic heterocycles. The van der Waals surface area contributed by atoms with Gasteiger partial charge in [0.15, 0.2) is 0 Å². The molecule has 7 nitrogen and oxygen atoms in total. The third-order valence-corrected chi connectivity index (χ3v) is 5.59. The summed E-state index contributed by atoms with van der Waals surface area (Å²) in [5.74, 6) is 0.377. The standard InChI is InChI=1S/C23H34N6O/c1-8-18-11-21-22(16(4)12-28(21)17(5)14-30-7)25-23(18)19-9-10-20(15(2)3)29(13-19)27-26-24-6/h9-12,15,17H,8,13-14H2,1-7H3,(H,24,27)/t17-/m0/s1. The van der Waals surface area contributed by atoms with Gasteiger partial charge < -0.3 is 9.30 Å². The number of nitrogens with zero attached hydrogens (tertiary/aromatic N) is 5. The Morgan fingerprint density at radius 2 is 2.03 bits per heavy atom. The Hall–Kier alpha value is -2.67. The second-order valence-electron chi connectivity index (χ2n) is 8.17. The summed E-state index contributed by atoms with van der Waals surface area (Å²) in [6.07, 6.45) is 7.46. The number of aryl methyl sites for hydroxylation is 2. The van der Waals surface area contributed by atoms with Gasteiger partial charge in [0.2, 0.25) is 0 Å². The fourth-order valence-corrected chi connectivity index (χ4v) is 4.04. The van der Waals surface area contributed by atoms with Gasteiger partial charge in [-0.1, -0.05) is 32.1 Å². The third-order valence-electron chi connectivity index (χ3n) is 5.59. The van der Waals surface area contributed by atoms with E-state index < -0.39 is 0 Å². The van der Waals surface area contributed by atoms with E-state index >= 15 is 0 Å². The van der Waals surface area contributed by atoms with Crippen molar-refractivity contribution in [3.8, 4) is 0 Å². The van der Waals surface area contributed by atoms with Crippen LogP contribution >= 0.6 is 0 Å². The van der Waals surface area contributed by atoms with Crippen LogP contribution in [0.2, 0.25) is 0 Å². The van der Waals surface area contributed by atoms with Crippen molar-refractivity contribution in [3.63, 3.8) is 0 Å². The maximum Gasteiger partial charge on any atom is 0.0917 e. The second-order valence-corrected chi connectivity index (χ2v) is 8.17. The Labute approximate surface area is 179 Å². The molecular weight excluding hydrogens is 376 g/mol. The highest BCUT2D eigenvalue weighted by Gasteiger charge is 2.22. The zero-order chi connectivity index (χ0) is 21.8.